The smallest absolute Gasteiger partial charge is 0.396 e. The zero-order valence-corrected chi connectivity index (χ0v) is 19.1. The van der Waals surface area contributed by atoms with Crippen molar-refractivity contribution in [3.8, 4) is 0 Å². The Hall–Kier alpha value is -3.14. The number of anilines is 2. The van der Waals surface area contributed by atoms with Gasteiger partial charge in [0.1, 0.15) is 0 Å². The molecule has 3 aromatic carbocycles. The summed E-state index contributed by atoms with van der Waals surface area (Å²) in [5.41, 5.74) is 3.31. The van der Waals surface area contributed by atoms with Crippen LogP contribution in [0.2, 0.25) is 0 Å². The van der Waals surface area contributed by atoms with Crippen LogP contribution >= 0.6 is 0 Å². The highest BCUT2D eigenvalue weighted by atomic mass is 32.2. The molecule has 1 heterocycles. The molecule has 34 heavy (non-hydrogen) atoms. The fourth-order valence-corrected chi connectivity index (χ4v) is 3.94. The van der Waals surface area contributed by atoms with Crippen molar-refractivity contribution in [3.05, 3.63) is 89.0 Å². The number of rotatable bonds is 4. The van der Waals surface area contributed by atoms with Crippen LogP contribution in [0.5, 0.6) is 0 Å². The van der Waals surface area contributed by atoms with Crippen LogP contribution in [0, 0.1) is 6.92 Å². The molecule has 0 saturated carbocycles. The van der Waals surface area contributed by atoms with Gasteiger partial charge in [-0.25, -0.2) is 0 Å². The number of para-hydroxylation sites is 1. The van der Waals surface area contributed by atoms with E-state index in [2.05, 4.69) is 0 Å². The molecule has 4 rings (SSSR count). The van der Waals surface area contributed by atoms with Gasteiger partial charge in [0.05, 0.1) is 10.5 Å². The highest BCUT2D eigenvalue weighted by Crippen LogP contribution is 2.40. The molecule has 2 N–H and O–H groups in total. The normalized spacial score (nSPS) is 12.8. The number of fused-ring (bicyclic) bond motifs is 2. The third-order valence-electron chi connectivity index (χ3n) is 5.18. The van der Waals surface area contributed by atoms with E-state index in [4.69, 9.17) is 9.66 Å². The van der Waals surface area contributed by atoms with Crippen molar-refractivity contribution in [1.82, 2.24) is 0 Å². The van der Waals surface area contributed by atoms with Gasteiger partial charge in [0.25, 0.3) is 10.1 Å². The van der Waals surface area contributed by atoms with E-state index in [1.54, 1.807) is 12.1 Å². The Kier molecular flexibility index (Phi) is 7.81. The van der Waals surface area contributed by atoms with E-state index in [0.717, 1.165) is 28.4 Å². The van der Waals surface area contributed by atoms with Gasteiger partial charge in [0, 0.05) is 24.5 Å². The van der Waals surface area contributed by atoms with Gasteiger partial charge in [0.15, 0.2) is 0 Å². The molecule has 0 amide bonds. The summed E-state index contributed by atoms with van der Waals surface area (Å²) in [5.74, 6) is 0. The number of nitrogens with zero attached hydrogens (tertiary/aromatic N) is 1. The Balaban J connectivity index is 0.000000248. The summed E-state index contributed by atoms with van der Waals surface area (Å²) in [6.07, 6.45) is -0.176. The van der Waals surface area contributed by atoms with Gasteiger partial charge in [-0.3, -0.25) is 4.55 Å². The molecule has 1 aliphatic heterocycles. The van der Waals surface area contributed by atoms with Gasteiger partial charge in [-0.1, -0.05) is 54.1 Å². The molecule has 0 atom stereocenters. The molecule has 0 radical (unpaired) electrons. The molecule has 0 fully saturated rings. The second kappa shape index (κ2) is 10.4. The van der Waals surface area contributed by atoms with Gasteiger partial charge in [0.2, 0.25) is 0 Å². The highest BCUT2D eigenvalue weighted by molar-refractivity contribution is 7.85. The molecule has 0 aromatic heterocycles. The van der Waals surface area contributed by atoms with Crippen LogP contribution in [-0.2, 0) is 16.3 Å². The summed E-state index contributed by atoms with van der Waals surface area (Å²) in [7, 11) is -4.02. The standard InChI is InChI=1S/C18H16F3NO.C7H8O3S/c19-18(20,21)15-9-8-14-7-6-13-4-1-2-5-16(13)22(10-3-11-23)17(14)12-15;1-6-2-4-7(5-3-6)11(8,9)10/h1-2,4-9,12,23H,3,10-11H2;2-5H,1H3,(H,8,9,10). The molecule has 1 aliphatic rings. The highest BCUT2D eigenvalue weighted by Gasteiger charge is 2.32. The third-order valence-corrected chi connectivity index (χ3v) is 6.05. The second-order valence-corrected chi connectivity index (χ2v) is 9.10. The molecule has 3 aromatic rings. The van der Waals surface area contributed by atoms with E-state index in [1.165, 1.54) is 24.3 Å². The molecule has 0 bridgehead atoms. The Morgan fingerprint density at radius 1 is 0.882 bits per heavy atom. The van der Waals surface area contributed by atoms with E-state index in [9.17, 15) is 21.6 Å². The fraction of sp³-hybridized carbons (Fsp3) is 0.200. The van der Waals surface area contributed by atoms with Crippen LogP contribution in [0.15, 0.2) is 71.6 Å². The minimum atomic E-state index is -4.38. The zero-order chi connectivity index (χ0) is 24.9. The Labute approximate surface area is 196 Å². The van der Waals surface area contributed by atoms with Gasteiger partial charge in [-0.2, -0.15) is 21.6 Å². The number of hydrogen-bond acceptors (Lipinski definition) is 4. The van der Waals surface area contributed by atoms with Gasteiger partial charge >= 0.3 is 6.18 Å². The van der Waals surface area contributed by atoms with E-state index in [1.807, 2.05) is 48.2 Å². The van der Waals surface area contributed by atoms with Crippen LogP contribution in [0.1, 0.15) is 28.7 Å². The van der Waals surface area contributed by atoms with Crippen molar-refractivity contribution < 1.29 is 31.2 Å². The first-order valence-electron chi connectivity index (χ1n) is 10.4. The molecule has 0 unspecified atom stereocenters. The van der Waals surface area contributed by atoms with E-state index in [0.29, 0.717) is 18.7 Å². The molecule has 5 nitrogen and oxygen atoms in total. The van der Waals surface area contributed by atoms with Crippen LogP contribution in [-0.4, -0.2) is 31.2 Å². The third kappa shape index (κ3) is 6.25. The second-order valence-electron chi connectivity index (χ2n) is 7.68. The number of aliphatic hydroxyl groups is 1. The maximum atomic E-state index is 13.1. The number of aliphatic hydroxyl groups excluding tert-OH is 1. The first-order valence-corrected chi connectivity index (χ1v) is 11.9. The van der Waals surface area contributed by atoms with Crippen molar-refractivity contribution in [2.45, 2.75) is 24.4 Å². The van der Waals surface area contributed by atoms with E-state index < -0.39 is 21.9 Å². The number of halogens is 3. The van der Waals surface area contributed by atoms with Gasteiger partial charge < -0.3 is 10.0 Å². The Bertz CT molecular complexity index is 1270. The first kappa shape index (κ1) is 25.5. The predicted octanol–water partition coefficient (Wildman–Crippen LogP) is 5.95. The number of aryl methyl sites for hydroxylation is 1. The average Bonchev–Trinajstić information content (AvgIpc) is 2.93. The zero-order valence-electron chi connectivity index (χ0n) is 18.3. The lowest BCUT2D eigenvalue weighted by molar-refractivity contribution is -0.137. The minimum absolute atomic E-state index is 0.0135. The molecular weight excluding hydrogens is 467 g/mol. The number of alkyl halides is 3. The maximum absolute atomic E-state index is 13.1. The monoisotopic (exact) mass is 491 g/mol. The molecule has 9 heteroatoms. The molecule has 0 spiro atoms. The lowest BCUT2D eigenvalue weighted by Crippen LogP contribution is -2.21. The van der Waals surface area contributed by atoms with Crippen LogP contribution in [0.4, 0.5) is 24.5 Å². The van der Waals surface area contributed by atoms with Crippen LogP contribution < -0.4 is 4.90 Å². The van der Waals surface area contributed by atoms with E-state index >= 15 is 0 Å². The summed E-state index contributed by atoms with van der Waals surface area (Å²) >= 11 is 0. The van der Waals surface area contributed by atoms with Crippen LogP contribution in [0.25, 0.3) is 12.2 Å². The summed E-state index contributed by atoms with van der Waals surface area (Å²) in [4.78, 5) is 1.78. The topological polar surface area (TPSA) is 77.8 Å². The van der Waals surface area contributed by atoms with Gasteiger partial charge in [-0.15, -0.1) is 0 Å². The molecule has 0 aliphatic carbocycles. The molecular formula is C25H24F3NO4S. The lowest BCUT2D eigenvalue weighted by atomic mass is 10.1. The molecule has 180 valence electrons. The maximum Gasteiger partial charge on any atom is 0.416 e. The predicted molar refractivity (Wildman–Crippen MR) is 127 cm³/mol. The molecule has 0 saturated heterocycles. The summed E-state index contributed by atoms with van der Waals surface area (Å²) < 4.78 is 68.7. The van der Waals surface area contributed by atoms with Crippen molar-refractivity contribution in [3.63, 3.8) is 0 Å². The minimum Gasteiger partial charge on any atom is -0.396 e. The van der Waals surface area contributed by atoms with Crippen molar-refractivity contribution >= 4 is 33.6 Å². The lowest BCUT2D eigenvalue weighted by Gasteiger charge is -2.27. The van der Waals surface area contributed by atoms with Crippen LogP contribution in [0.3, 0.4) is 0 Å². The SMILES string of the molecule is Cc1ccc(S(=O)(=O)O)cc1.OCCCN1c2ccccc2C=Cc2ccc(C(F)(F)F)cc21. The summed E-state index contributed by atoms with van der Waals surface area (Å²) in [6.45, 7) is 2.28. The summed E-state index contributed by atoms with van der Waals surface area (Å²) in [5, 5.41) is 9.12. The van der Waals surface area contributed by atoms with E-state index in [-0.39, 0.29) is 11.5 Å². The van der Waals surface area contributed by atoms with Crippen molar-refractivity contribution in [2.24, 2.45) is 0 Å². The number of hydrogen-bond donors (Lipinski definition) is 2. The van der Waals surface area contributed by atoms with Gasteiger partial charge in [-0.05, 0) is 54.8 Å². The largest absolute Gasteiger partial charge is 0.416 e. The quantitative estimate of drug-likeness (QED) is 0.441. The van der Waals surface area contributed by atoms with Crippen molar-refractivity contribution in [1.29, 1.82) is 0 Å². The van der Waals surface area contributed by atoms with Crippen molar-refractivity contribution in [2.75, 3.05) is 18.1 Å². The summed E-state index contributed by atoms with van der Waals surface area (Å²) in [6, 6.07) is 17.3. The fourth-order valence-electron chi connectivity index (χ4n) is 3.46. The first-order chi connectivity index (χ1) is 16.0. The average molecular weight is 492 g/mol. The Morgan fingerprint density at radius 3 is 2.09 bits per heavy atom. The Morgan fingerprint density at radius 2 is 1.50 bits per heavy atom. The number of benzene rings is 3.